The summed E-state index contributed by atoms with van der Waals surface area (Å²) in [5.74, 6) is -0.288. The van der Waals surface area contributed by atoms with E-state index in [0.717, 1.165) is 29.8 Å². The molecule has 0 bridgehead atoms. The Hall–Kier alpha value is -3.39. The zero-order chi connectivity index (χ0) is 21.6. The molecular formula is C22H21FN2O4S. The number of hydrogen-bond acceptors (Lipinski definition) is 4. The molecule has 2 N–H and O–H groups in total. The molecule has 0 radical (unpaired) electrons. The van der Waals surface area contributed by atoms with Gasteiger partial charge in [0.2, 0.25) is 0 Å². The molecule has 1 amide bonds. The minimum atomic E-state index is -3.97. The molecular weight excluding hydrogens is 407 g/mol. The highest BCUT2D eigenvalue weighted by molar-refractivity contribution is 7.92. The molecule has 8 heteroatoms. The largest absolute Gasteiger partial charge is 0.492 e. The number of hydrogen-bond donors (Lipinski definition) is 2. The van der Waals surface area contributed by atoms with Gasteiger partial charge >= 0.3 is 0 Å². The number of rotatable bonds is 8. The van der Waals surface area contributed by atoms with Gasteiger partial charge in [0.15, 0.2) is 0 Å². The van der Waals surface area contributed by atoms with Crippen LogP contribution in [0.5, 0.6) is 5.75 Å². The molecule has 0 heterocycles. The number of benzene rings is 3. The number of anilines is 1. The van der Waals surface area contributed by atoms with Gasteiger partial charge in [-0.05, 0) is 55.5 Å². The van der Waals surface area contributed by atoms with Crippen LogP contribution in [0.1, 0.15) is 15.9 Å². The Bertz CT molecular complexity index is 1110. The van der Waals surface area contributed by atoms with E-state index in [0.29, 0.717) is 5.75 Å². The molecule has 6 nitrogen and oxygen atoms in total. The monoisotopic (exact) mass is 428 g/mol. The van der Waals surface area contributed by atoms with Crippen LogP contribution in [0, 0.1) is 12.7 Å². The Labute approximate surface area is 174 Å². The van der Waals surface area contributed by atoms with Crippen LogP contribution < -0.4 is 14.8 Å². The van der Waals surface area contributed by atoms with E-state index >= 15 is 0 Å². The highest BCUT2D eigenvalue weighted by atomic mass is 32.2. The number of aryl methyl sites for hydroxylation is 1. The Morgan fingerprint density at radius 3 is 2.33 bits per heavy atom. The number of para-hydroxylation sites is 1. The first-order valence-corrected chi connectivity index (χ1v) is 10.7. The normalized spacial score (nSPS) is 11.0. The predicted octanol–water partition coefficient (Wildman–Crippen LogP) is 3.74. The number of ether oxygens (including phenoxy) is 1. The van der Waals surface area contributed by atoms with Crippen molar-refractivity contribution >= 4 is 21.6 Å². The number of sulfonamides is 1. The fourth-order valence-corrected chi connectivity index (χ4v) is 3.73. The van der Waals surface area contributed by atoms with Crippen LogP contribution in [0.2, 0.25) is 0 Å². The van der Waals surface area contributed by atoms with Gasteiger partial charge in [-0.25, -0.2) is 12.8 Å². The Morgan fingerprint density at radius 1 is 0.967 bits per heavy atom. The van der Waals surface area contributed by atoms with Gasteiger partial charge in [-0.15, -0.1) is 0 Å². The quantitative estimate of drug-likeness (QED) is 0.536. The lowest BCUT2D eigenvalue weighted by molar-refractivity contribution is 0.0948. The zero-order valence-corrected chi connectivity index (χ0v) is 17.1. The van der Waals surface area contributed by atoms with E-state index in [1.54, 1.807) is 12.1 Å². The summed E-state index contributed by atoms with van der Waals surface area (Å²) in [4.78, 5) is 12.4. The summed E-state index contributed by atoms with van der Waals surface area (Å²) < 4.78 is 46.1. The Morgan fingerprint density at radius 2 is 1.63 bits per heavy atom. The van der Waals surface area contributed by atoms with Gasteiger partial charge in [0, 0.05) is 0 Å². The Balaban J connectivity index is 1.63. The molecule has 0 aliphatic carbocycles. The maximum Gasteiger partial charge on any atom is 0.261 e. The topological polar surface area (TPSA) is 84.5 Å². The standard InChI is InChI=1S/C22H21FN2O4S/c1-16-6-10-18(11-7-16)29-15-14-24-22(26)20-4-2-3-5-21(20)25-30(27,28)19-12-8-17(23)9-13-19/h2-13,25H,14-15H2,1H3,(H,24,26). The smallest absolute Gasteiger partial charge is 0.261 e. The lowest BCUT2D eigenvalue weighted by Crippen LogP contribution is -2.29. The van der Waals surface area contributed by atoms with Crippen molar-refractivity contribution < 1.29 is 22.3 Å². The first-order chi connectivity index (χ1) is 14.3. The summed E-state index contributed by atoms with van der Waals surface area (Å²) >= 11 is 0. The van der Waals surface area contributed by atoms with Crippen LogP contribution in [-0.2, 0) is 10.0 Å². The van der Waals surface area contributed by atoms with Gasteiger partial charge in [-0.2, -0.15) is 0 Å². The van der Waals surface area contributed by atoms with E-state index in [4.69, 9.17) is 4.74 Å². The predicted molar refractivity (Wildman–Crippen MR) is 113 cm³/mol. The van der Waals surface area contributed by atoms with E-state index in [1.165, 1.54) is 12.1 Å². The van der Waals surface area contributed by atoms with E-state index in [9.17, 15) is 17.6 Å². The fourth-order valence-electron chi connectivity index (χ4n) is 2.65. The second kappa shape index (κ2) is 9.41. The summed E-state index contributed by atoms with van der Waals surface area (Å²) in [6, 6.07) is 18.2. The van der Waals surface area contributed by atoms with Crippen molar-refractivity contribution in [2.75, 3.05) is 17.9 Å². The average molecular weight is 428 g/mol. The lowest BCUT2D eigenvalue weighted by atomic mass is 10.1. The highest BCUT2D eigenvalue weighted by Crippen LogP contribution is 2.20. The third-order valence-corrected chi connectivity index (χ3v) is 5.60. The molecule has 0 aliphatic heterocycles. The summed E-state index contributed by atoms with van der Waals surface area (Å²) in [5.41, 5.74) is 1.41. The number of carbonyl (C=O) groups is 1. The maximum absolute atomic E-state index is 13.1. The first kappa shape index (κ1) is 21.3. The first-order valence-electron chi connectivity index (χ1n) is 9.20. The molecule has 0 aromatic heterocycles. The van der Waals surface area contributed by atoms with E-state index < -0.39 is 21.7 Å². The second-order valence-corrected chi connectivity index (χ2v) is 8.20. The zero-order valence-electron chi connectivity index (χ0n) is 16.3. The van der Waals surface area contributed by atoms with Gasteiger partial charge < -0.3 is 10.1 Å². The summed E-state index contributed by atoms with van der Waals surface area (Å²) in [6.07, 6.45) is 0. The third-order valence-electron chi connectivity index (χ3n) is 4.22. The molecule has 3 rings (SSSR count). The Kier molecular flexibility index (Phi) is 6.68. The molecule has 0 atom stereocenters. The van der Waals surface area contributed by atoms with Crippen molar-refractivity contribution in [2.45, 2.75) is 11.8 Å². The van der Waals surface area contributed by atoms with Gasteiger partial charge in [0.05, 0.1) is 22.7 Å². The molecule has 0 aliphatic rings. The van der Waals surface area contributed by atoms with Crippen molar-refractivity contribution in [1.29, 1.82) is 0 Å². The van der Waals surface area contributed by atoms with E-state index in [1.807, 2.05) is 31.2 Å². The van der Waals surface area contributed by atoms with Gasteiger partial charge in [0.1, 0.15) is 18.2 Å². The van der Waals surface area contributed by atoms with Crippen LogP contribution in [0.25, 0.3) is 0 Å². The molecule has 0 fully saturated rings. The second-order valence-electron chi connectivity index (χ2n) is 6.52. The van der Waals surface area contributed by atoms with Crippen molar-refractivity contribution in [3.63, 3.8) is 0 Å². The summed E-state index contributed by atoms with van der Waals surface area (Å²) in [6.45, 7) is 2.48. The summed E-state index contributed by atoms with van der Waals surface area (Å²) in [5, 5.41) is 2.71. The molecule has 156 valence electrons. The molecule has 0 saturated carbocycles. The number of carbonyl (C=O) groups excluding carboxylic acids is 1. The fraction of sp³-hybridized carbons (Fsp3) is 0.136. The minimum absolute atomic E-state index is 0.106. The van der Waals surface area contributed by atoms with Gasteiger partial charge in [0.25, 0.3) is 15.9 Å². The molecule has 3 aromatic rings. The number of halogens is 1. The van der Waals surface area contributed by atoms with E-state index in [-0.39, 0.29) is 29.3 Å². The van der Waals surface area contributed by atoms with E-state index in [2.05, 4.69) is 10.0 Å². The van der Waals surface area contributed by atoms with Crippen LogP contribution in [0.4, 0.5) is 10.1 Å². The molecule has 0 saturated heterocycles. The van der Waals surface area contributed by atoms with Crippen molar-refractivity contribution in [2.24, 2.45) is 0 Å². The lowest BCUT2D eigenvalue weighted by Gasteiger charge is -2.13. The van der Waals surface area contributed by atoms with Crippen molar-refractivity contribution in [1.82, 2.24) is 5.32 Å². The number of amides is 1. The third kappa shape index (κ3) is 5.57. The minimum Gasteiger partial charge on any atom is -0.492 e. The molecule has 3 aromatic carbocycles. The molecule has 30 heavy (non-hydrogen) atoms. The number of nitrogens with one attached hydrogen (secondary N) is 2. The van der Waals surface area contributed by atoms with Crippen molar-refractivity contribution in [3.8, 4) is 5.75 Å². The van der Waals surface area contributed by atoms with Gasteiger partial charge in [-0.1, -0.05) is 29.8 Å². The molecule has 0 spiro atoms. The van der Waals surface area contributed by atoms with Gasteiger partial charge in [-0.3, -0.25) is 9.52 Å². The summed E-state index contributed by atoms with van der Waals surface area (Å²) in [7, 11) is -3.97. The van der Waals surface area contributed by atoms with Crippen molar-refractivity contribution in [3.05, 3.63) is 89.7 Å². The highest BCUT2D eigenvalue weighted by Gasteiger charge is 2.18. The average Bonchev–Trinajstić information content (AvgIpc) is 2.73. The van der Waals surface area contributed by atoms with Crippen LogP contribution in [0.15, 0.2) is 77.7 Å². The molecule has 0 unspecified atom stereocenters. The van der Waals surface area contributed by atoms with Crippen LogP contribution >= 0.6 is 0 Å². The maximum atomic E-state index is 13.1. The SMILES string of the molecule is Cc1ccc(OCCNC(=O)c2ccccc2NS(=O)(=O)c2ccc(F)cc2)cc1. The van der Waals surface area contributed by atoms with Crippen LogP contribution in [0.3, 0.4) is 0 Å². The van der Waals surface area contributed by atoms with Crippen LogP contribution in [-0.4, -0.2) is 27.5 Å².